The first kappa shape index (κ1) is 21.5. The molecule has 5 aromatic rings. The molecule has 38 heavy (non-hydrogen) atoms. The molecule has 3 atom stereocenters. The Labute approximate surface area is 222 Å². The molecule has 1 aromatic heterocycles. The Morgan fingerprint density at radius 3 is 2.26 bits per heavy atom. The highest BCUT2D eigenvalue weighted by Gasteiger charge is 2.33. The highest BCUT2D eigenvalue weighted by atomic mass is 15.0. The number of nitrogens with one attached hydrogen (secondary N) is 1. The normalized spacial score (nSPS) is 21.6. The van der Waals surface area contributed by atoms with Crippen LogP contribution in [0.5, 0.6) is 0 Å². The van der Waals surface area contributed by atoms with Gasteiger partial charge in [0.2, 0.25) is 0 Å². The standard InChI is InChI=1S/C36H28N2/c1-3-11-24(12-4-1)26-19-21-33(30(23-26)25-13-5-2-6-14-25)38-32-18-10-8-16-29(32)35-34(38)22-20-28-27-15-7-9-17-31(27)37-36(28)35/h1-20,22-23,27,31,33,37H,21H2. The van der Waals surface area contributed by atoms with Crippen molar-refractivity contribution >= 4 is 38.6 Å². The summed E-state index contributed by atoms with van der Waals surface area (Å²) >= 11 is 0. The second-order valence-electron chi connectivity index (χ2n) is 10.5. The first-order chi connectivity index (χ1) is 18.9. The summed E-state index contributed by atoms with van der Waals surface area (Å²) in [7, 11) is 0. The molecule has 2 heteroatoms. The van der Waals surface area contributed by atoms with Crippen LogP contribution in [0, 0.1) is 0 Å². The zero-order valence-electron chi connectivity index (χ0n) is 21.1. The third-order valence-corrected chi connectivity index (χ3v) is 8.47. The van der Waals surface area contributed by atoms with Crippen molar-refractivity contribution in [3.8, 4) is 0 Å². The maximum absolute atomic E-state index is 3.88. The molecule has 3 aliphatic rings. The van der Waals surface area contributed by atoms with Crippen LogP contribution in [0.4, 0.5) is 5.69 Å². The summed E-state index contributed by atoms with van der Waals surface area (Å²) in [4.78, 5) is 0. The minimum absolute atomic E-state index is 0.203. The predicted octanol–water partition coefficient (Wildman–Crippen LogP) is 8.91. The Kier molecular flexibility index (Phi) is 4.81. The molecule has 4 aromatic carbocycles. The van der Waals surface area contributed by atoms with Crippen LogP contribution in [-0.2, 0) is 0 Å². The maximum Gasteiger partial charge on any atom is 0.0632 e. The van der Waals surface area contributed by atoms with Crippen LogP contribution in [0.15, 0.2) is 134 Å². The van der Waals surface area contributed by atoms with E-state index in [9.17, 15) is 0 Å². The Bertz CT molecular complexity index is 1820. The largest absolute Gasteiger partial charge is 0.377 e. The van der Waals surface area contributed by atoms with Crippen LogP contribution in [0.3, 0.4) is 0 Å². The van der Waals surface area contributed by atoms with Crippen LogP contribution < -0.4 is 5.32 Å². The average molecular weight is 489 g/mol. The summed E-state index contributed by atoms with van der Waals surface area (Å²) in [5.41, 5.74) is 10.5. The number of para-hydroxylation sites is 1. The molecule has 0 spiro atoms. The molecule has 182 valence electrons. The molecule has 1 aliphatic heterocycles. The minimum atomic E-state index is 0.203. The van der Waals surface area contributed by atoms with Gasteiger partial charge in [-0.25, -0.2) is 0 Å². The molecular formula is C36H28N2. The summed E-state index contributed by atoms with van der Waals surface area (Å²) in [5.74, 6) is 0.396. The summed E-state index contributed by atoms with van der Waals surface area (Å²) in [6, 6.07) is 35.9. The van der Waals surface area contributed by atoms with E-state index in [4.69, 9.17) is 0 Å². The molecule has 0 amide bonds. The van der Waals surface area contributed by atoms with Crippen molar-refractivity contribution in [1.29, 1.82) is 0 Å². The molecule has 0 fully saturated rings. The van der Waals surface area contributed by atoms with Gasteiger partial charge in [-0.3, -0.25) is 0 Å². The number of nitrogens with zero attached hydrogens (tertiary/aromatic N) is 1. The number of anilines is 1. The Hall–Kier alpha value is -4.56. The third kappa shape index (κ3) is 3.20. The molecule has 0 saturated carbocycles. The van der Waals surface area contributed by atoms with Gasteiger partial charge in [-0.05, 0) is 52.5 Å². The summed E-state index contributed by atoms with van der Waals surface area (Å²) in [6.07, 6.45) is 14.7. The number of benzene rings is 4. The van der Waals surface area contributed by atoms with Gasteiger partial charge in [0.05, 0.1) is 17.6 Å². The van der Waals surface area contributed by atoms with Gasteiger partial charge in [-0.15, -0.1) is 0 Å². The smallest absolute Gasteiger partial charge is 0.0632 e. The molecule has 0 radical (unpaired) electrons. The van der Waals surface area contributed by atoms with Gasteiger partial charge in [-0.2, -0.15) is 0 Å². The van der Waals surface area contributed by atoms with Crippen molar-refractivity contribution in [2.24, 2.45) is 0 Å². The van der Waals surface area contributed by atoms with E-state index in [0.717, 1.165) is 6.42 Å². The van der Waals surface area contributed by atoms with E-state index >= 15 is 0 Å². The number of allylic oxidation sites excluding steroid dienone is 6. The first-order valence-electron chi connectivity index (χ1n) is 13.6. The first-order valence-corrected chi connectivity index (χ1v) is 13.6. The monoisotopic (exact) mass is 488 g/mol. The van der Waals surface area contributed by atoms with Gasteiger partial charge in [0.1, 0.15) is 0 Å². The van der Waals surface area contributed by atoms with E-state index in [1.165, 1.54) is 55.3 Å². The zero-order chi connectivity index (χ0) is 25.1. The fourth-order valence-corrected chi connectivity index (χ4v) is 6.75. The van der Waals surface area contributed by atoms with Crippen LogP contribution in [0.1, 0.15) is 35.1 Å². The molecule has 0 saturated heterocycles. The lowest BCUT2D eigenvalue weighted by Crippen LogP contribution is -2.17. The summed E-state index contributed by atoms with van der Waals surface area (Å²) in [5, 5.41) is 6.55. The number of hydrogen-bond acceptors (Lipinski definition) is 1. The maximum atomic E-state index is 3.88. The second-order valence-corrected chi connectivity index (χ2v) is 10.5. The van der Waals surface area contributed by atoms with Crippen molar-refractivity contribution in [1.82, 2.24) is 4.57 Å². The van der Waals surface area contributed by atoms with E-state index in [1.54, 1.807) is 0 Å². The lowest BCUT2D eigenvalue weighted by molar-refractivity contribution is 0.667. The van der Waals surface area contributed by atoms with Crippen molar-refractivity contribution < 1.29 is 0 Å². The minimum Gasteiger partial charge on any atom is -0.377 e. The van der Waals surface area contributed by atoms with Gasteiger partial charge in [0.25, 0.3) is 0 Å². The average Bonchev–Trinajstić information content (AvgIpc) is 3.53. The van der Waals surface area contributed by atoms with Gasteiger partial charge in [0, 0.05) is 27.9 Å². The van der Waals surface area contributed by atoms with Gasteiger partial charge < -0.3 is 9.88 Å². The molecule has 2 aliphatic carbocycles. The Balaban J connectivity index is 1.36. The van der Waals surface area contributed by atoms with Crippen LogP contribution in [-0.4, -0.2) is 10.6 Å². The highest BCUT2D eigenvalue weighted by Crippen LogP contribution is 2.49. The fraction of sp³-hybridized carbons (Fsp3) is 0.111. The quantitative estimate of drug-likeness (QED) is 0.268. The Morgan fingerprint density at radius 1 is 0.684 bits per heavy atom. The lowest BCUT2D eigenvalue weighted by atomic mass is 9.86. The number of hydrogen-bond donors (Lipinski definition) is 1. The van der Waals surface area contributed by atoms with Crippen molar-refractivity contribution in [3.63, 3.8) is 0 Å². The molecule has 2 heterocycles. The summed E-state index contributed by atoms with van der Waals surface area (Å²) < 4.78 is 2.59. The van der Waals surface area contributed by atoms with Crippen molar-refractivity contribution in [3.05, 3.63) is 150 Å². The van der Waals surface area contributed by atoms with Crippen molar-refractivity contribution in [2.45, 2.75) is 24.4 Å². The second kappa shape index (κ2) is 8.49. The number of aromatic nitrogens is 1. The third-order valence-electron chi connectivity index (χ3n) is 8.47. The van der Waals surface area contributed by atoms with E-state index in [1.807, 2.05) is 0 Å². The van der Waals surface area contributed by atoms with Gasteiger partial charge in [0.15, 0.2) is 0 Å². The zero-order valence-corrected chi connectivity index (χ0v) is 21.1. The molecular weight excluding hydrogens is 460 g/mol. The molecule has 3 unspecified atom stereocenters. The fourth-order valence-electron chi connectivity index (χ4n) is 6.75. The number of rotatable bonds is 3. The summed E-state index contributed by atoms with van der Waals surface area (Å²) in [6.45, 7) is 0. The Morgan fingerprint density at radius 2 is 1.42 bits per heavy atom. The predicted molar refractivity (Wildman–Crippen MR) is 160 cm³/mol. The number of fused-ring (bicyclic) bond motifs is 7. The topological polar surface area (TPSA) is 17.0 Å². The molecule has 1 N–H and O–H groups in total. The lowest BCUT2D eigenvalue weighted by Gasteiger charge is -2.28. The van der Waals surface area contributed by atoms with Crippen LogP contribution >= 0.6 is 0 Å². The van der Waals surface area contributed by atoms with Crippen LogP contribution in [0.2, 0.25) is 0 Å². The van der Waals surface area contributed by atoms with E-state index < -0.39 is 0 Å². The van der Waals surface area contributed by atoms with Crippen molar-refractivity contribution in [2.75, 3.05) is 5.32 Å². The molecule has 0 bridgehead atoms. The van der Waals surface area contributed by atoms with E-state index in [0.29, 0.717) is 12.0 Å². The highest BCUT2D eigenvalue weighted by molar-refractivity contribution is 6.16. The van der Waals surface area contributed by atoms with E-state index in [-0.39, 0.29) is 6.04 Å². The van der Waals surface area contributed by atoms with E-state index in [2.05, 4.69) is 143 Å². The van der Waals surface area contributed by atoms with Crippen LogP contribution in [0.25, 0.3) is 33.0 Å². The SMILES string of the molecule is C1=CC2Nc3c(ccc4c3c3ccccc3n4C3CC=C(c4ccccc4)C=C3c3ccccc3)C2C=C1. The van der Waals surface area contributed by atoms with Gasteiger partial charge >= 0.3 is 0 Å². The van der Waals surface area contributed by atoms with Gasteiger partial charge in [-0.1, -0.05) is 115 Å². The molecule has 2 nitrogen and oxygen atoms in total. The molecule has 8 rings (SSSR count).